The van der Waals surface area contributed by atoms with Crippen LogP contribution in [-0.4, -0.2) is 6.10 Å². The zero-order chi connectivity index (χ0) is 9.94. The van der Waals surface area contributed by atoms with Gasteiger partial charge in [-0.3, -0.25) is 4.52 Å². The maximum Gasteiger partial charge on any atom is 0.327 e. The summed E-state index contributed by atoms with van der Waals surface area (Å²) >= 11 is 0. The largest absolute Gasteiger partial charge is 0.327 e. The fraction of sp³-hybridized carbons (Fsp3) is 1.00. The Bertz CT molecular complexity index is 117. The SMILES string of the molecule is CCCCCC(CCCC)OP=O. The van der Waals surface area contributed by atoms with Crippen LogP contribution in [0.5, 0.6) is 0 Å². The van der Waals surface area contributed by atoms with Crippen LogP contribution in [0, 0.1) is 0 Å². The van der Waals surface area contributed by atoms with E-state index in [2.05, 4.69) is 13.8 Å². The molecule has 0 aliphatic rings. The molecule has 0 spiro atoms. The summed E-state index contributed by atoms with van der Waals surface area (Å²) in [5, 5.41) is 0. The van der Waals surface area contributed by atoms with Gasteiger partial charge in [0.1, 0.15) is 0 Å². The van der Waals surface area contributed by atoms with Gasteiger partial charge < -0.3 is 0 Å². The van der Waals surface area contributed by atoms with E-state index in [0.29, 0.717) is 0 Å². The molecule has 0 bridgehead atoms. The van der Waals surface area contributed by atoms with Gasteiger partial charge in [0.2, 0.25) is 0 Å². The molecule has 3 heteroatoms. The summed E-state index contributed by atoms with van der Waals surface area (Å²) < 4.78 is 15.4. The van der Waals surface area contributed by atoms with Crippen molar-refractivity contribution in [3.8, 4) is 0 Å². The maximum atomic E-state index is 10.3. The van der Waals surface area contributed by atoms with Crippen LogP contribution >= 0.6 is 8.69 Å². The molecule has 0 heterocycles. The minimum absolute atomic E-state index is 0.160. The van der Waals surface area contributed by atoms with Crippen LogP contribution in [0.25, 0.3) is 0 Å². The Morgan fingerprint density at radius 2 is 1.69 bits per heavy atom. The van der Waals surface area contributed by atoms with E-state index >= 15 is 0 Å². The lowest BCUT2D eigenvalue weighted by Crippen LogP contribution is -2.07. The highest BCUT2D eigenvalue weighted by Crippen LogP contribution is 2.17. The van der Waals surface area contributed by atoms with Gasteiger partial charge in [0, 0.05) is 0 Å². The van der Waals surface area contributed by atoms with Crippen LogP contribution in [0.2, 0.25) is 0 Å². The first kappa shape index (κ1) is 13.1. The van der Waals surface area contributed by atoms with Crippen molar-refractivity contribution in [2.75, 3.05) is 0 Å². The van der Waals surface area contributed by atoms with Crippen molar-refractivity contribution in [2.24, 2.45) is 0 Å². The Labute approximate surface area is 83.3 Å². The third-order valence-corrected chi connectivity index (χ3v) is 2.59. The maximum absolute atomic E-state index is 10.3. The third-order valence-electron chi connectivity index (χ3n) is 2.20. The zero-order valence-electron chi connectivity index (χ0n) is 8.79. The minimum Gasteiger partial charge on any atom is -0.291 e. The van der Waals surface area contributed by atoms with Gasteiger partial charge in [-0.2, -0.15) is 0 Å². The van der Waals surface area contributed by atoms with Crippen molar-refractivity contribution in [3.05, 3.63) is 0 Å². The molecule has 0 aromatic heterocycles. The Kier molecular flexibility index (Phi) is 10.2. The molecule has 0 rings (SSSR count). The molecule has 2 nitrogen and oxygen atoms in total. The lowest BCUT2D eigenvalue weighted by molar-refractivity contribution is 0.193. The van der Waals surface area contributed by atoms with Crippen LogP contribution < -0.4 is 0 Å². The van der Waals surface area contributed by atoms with Gasteiger partial charge in [-0.15, -0.1) is 0 Å². The lowest BCUT2D eigenvalue weighted by Gasteiger charge is -2.12. The fourth-order valence-corrected chi connectivity index (χ4v) is 1.70. The summed E-state index contributed by atoms with van der Waals surface area (Å²) in [6.45, 7) is 4.35. The van der Waals surface area contributed by atoms with Gasteiger partial charge in [-0.1, -0.05) is 46.0 Å². The molecule has 0 saturated heterocycles. The number of hydrogen-bond acceptors (Lipinski definition) is 2. The highest BCUT2D eigenvalue weighted by atomic mass is 31.1. The van der Waals surface area contributed by atoms with Crippen LogP contribution in [0.15, 0.2) is 0 Å². The van der Waals surface area contributed by atoms with Gasteiger partial charge >= 0.3 is 8.69 Å². The second kappa shape index (κ2) is 10.1. The predicted molar refractivity (Wildman–Crippen MR) is 56.1 cm³/mol. The normalized spacial score (nSPS) is 13.4. The first-order valence-electron chi connectivity index (χ1n) is 5.33. The summed E-state index contributed by atoms with van der Waals surface area (Å²) in [5.41, 5.74) is 0. The molecule has 0 saturated carbocycles. The van der Waals surface area contributed by atoms with E-state index in [9.17, 15) is 4.57 Å². The van der Waals surface area contributed by atoms with Crippen LogP contribution in [0.1, 0.15) is 58.8 Å². The molecule has 0 aromatic rings. The molecule has 1 unspecified atom stereocenters. The predicted octanol–water partition coefficient (Wildman–Crippen LogP) is 4.35. The monoisotopic (exact) mass is 204 g/mol. The van der Waals surface area contributed by atoms with E-state index < -0.39 is 0 Å². The molecule has 13 heavy (non-hydrogen) atoms. The van der Waals surface area contributed by atoms with E-state index in [1.807, 2.05) is 0 Å². The molecule has 0 aliphatic carbocycles. The smallest absolute Gasteiger partial charge is 0.291 e. The second-order valence-electron chi connectivity index (χ2n) is 3.44. The summed E-state index contributed by atoms with van der Waals surface area (Å²) in [6, 6.07) is 0. The van der Waals surface area contributed by atoms with Crippen LogP contribution in [0.4, 0.5) is 0 Å². The van der Waals surface area contributed by atoms with Gasteiger partial charge in [0.15, 0.2) is 0 Å². The van der Waals surface area contributed by atoms with E-state index in [1.54, 1.807) is 0 Å². The highest BCUT2D eigenvalue weighted by molar-refractivity contribution is 7.17. The second-order valence-corrected chi connectivity index (χ2v) is 3.80. The van der Waals surface area contributed by atoms with Crippen LogP contribution in [0.3, 0.4) is 0 Å². The number of unbranched alkanes of at least 4 members (excludes halogenated alkanes) is 3. The summed E-state index contributed by atoms with van der Waals surface area (Å²) in [7, 11) is -0.160. The zero-order valence-corrected chi connectivity index (χ0v) is 9.69. The Morgan fingerprint density at radius 3 is 2.23 bits per heavy atom. The van der Waals surface area contributed by atoms with Gasteiger partial charge in [-0.25, -0.2) is 4.57 Å². The fourth-order valence-electron chi connectivity index (χ4n) is 1.36. The van der Waals surface area contributed by atoms with Crippen molar-refractivity contribution < 1.29 is 9.09 Å². The van der Waals surface area contributed by atoms with Gasteiger partial charge in [0.05, 0.1) is 6.10 Å². The molecule has 0 fully saturated rings. The van der Waals surface area contributed by atoms with Gasteiger partial charge in [-0.05, 0) is 12.8 Å². The summed E-state index contributed by atoms with van der Waals surface area (Å²) in [5.74, 6) is 0. The number of hydrogen-bond donors (Lipinski definition) is 0. The molecule has 0 amide bonds. The summed E-state index contributed by atoms with van der Waals surface area (Å²) in [4.78, 5) is 0. The highest BCUT2D eigenvalue weighted by Gasteiger charge is 2.07. The Hall–Kier alpha value is 0.0600. The van der Waals surface area contributed by atoms with Crippen molar-refractivity contribution in [1.82, 2.24) is 0 Å². The van der Waals surface area contributed by atoms with E-state index in [-0.39, 0.29) is 14.8 Å². The average molecular weight is 204 g/mol. The van der Waals surface area contributed by atoms with E-state index in [0.717, 1.165) is 12.8 Å². The average Bonchev–Trinajstić information content (AvgIpc) is 2.14. The van der Waals surface area contributed by atoms with Crippen molar-refractivity contribution in [3.63, 3.8) is 0 Å². The quantitative estimate of drug-likeness (QED) is 0.412. The molecule has 78 valence electrons. The third kappa shape index (κ3) is 8.39. The lowest BCUT2D eigenvalue weighted by atomic mass is 10.1. The van der Waals surface area contributed by atoms with Crippen molar-refractivity contribution >= 4 is 8.69 Å². The first-order valence-corrected chi connectivity index (χ1v) is 6.06. The van der Waals surface area contributed by atoms with E-state index in [4.69, 9.17) is 4.52 Å². The minimum atomic E-state index is -0.160. The Balaban J connectivity index is 3.47. The van der Waals surface area contributed by atoms with Gasteiger partial charge in [0.25, 0.3) is 0 Å². The Morgan fingerprint density at radius 1 is 1.08 bits per heavy atom. The number of rotatable bonds is 9. The molecular formula is C10H21O2P. The first-order chi connectivity index (χ1) is 6.35. The molecular weight excluding hydrogens is 183 g/mol. The topological polar surface area (TPSA) is 26.3 Å². The van der Waals surface area contributed by atoms with Crippen LogP contribution in [-0.2, 0) is 9.09 Å². The molecule has 1 atom stereocenters. The summed E-state index contributed by atoms with van der Waals surface area (Å²) in [6.07, 6.45) is 8.36. The molecule has 0 aliphatic heterocycles. The molecule has 0 aromatic carbocycles. The molecule has 0 N–H and O–H groups in total. The van der Waals surface area contributed by atoms with E-state index in [1.165, 1.54) is 32.1 Å². The van der Waals surface area contributed by atoms with Crippen molar-refractivity contribution in [2.45, 2.75) is 64.9 Å². The van der Waals surface area contributed by atoms with Crippen molar-refractivity contribution in [1.29, 1.82) is 0 Å². The molecule has 0 radical (unpaired) electrons. The standard InChI is InChI=1S/C10H21O2P/c1-3-5-7-9-10(12-13-11)8-6-4-2/h10H,3-9H2,1-2H3.